The molecule has 1 N–H and O–H groups in total. The van der Waals surface area contributed by atoms with Crippen LogP contribution in [0, 0.1) is 0 Å². The van der Waals surface area contributed by atoms with Gasteiger partial charge in [-0.25, -0.2) is 4.79 Å². The van der Waals surface area contributed by atoms with E-state index in [1.165, 1.54) is 41.2 Å². The Balaban J connectivity index is 1.20. The number of fused-ring (bicyclic) bond motifs is 1. The molecule has 3 atom stereocenters. The molecular weight excluding hydrogens is 490 g/mol. The smallest absolute Gasteiger partial charge is 0.338 e. The van der Waals surface area contributed by atoms with Crippen molar-refractivity contribution >= 4 is 16.7 Å². The lowest BCUT2D eigenvalue weighted by Crippen LogP contribution is -2.35. The Hall–Kier alpha value is -2.77. The first-order chi connectivity index (χ1) is 19.2. The number of rotatable bonds is 15. The van der Waals surface area contributed by atoms with Crippen LogP contribution in [0.3, 0.4) is 0 Å². The van der Waals surface area contributed by atoms with Crippen LogP contribution >= 0.6 is 0 Å². The molecule has 0 heterocycles. The predicted octanol–water partition coefficient (Wildman–Crippen LogP) is 6.44. The number of nitrogens with one attached hydrogen (secondary N) is 1. The molecule has 0 aliphatic heterocycles. The minimum Gasteiger partial charge on any atom is -0.460 e. The van der Waals surface area contributed by atoms with Gasteiger partial charge in [-0.05, 0) is 73.1 Å². The van der Waals surface area contributed by atoms with Gasteiger partial charge in [-0.15, -0.1) is 0 Å². The van der Waals surface area contributed by atoms with Crippen LogP contribution in [0.25, 0.3) is 10.8 Å². The van der Waals surface area contributed by atoms with E-state index in [1.54, 1.807) is 0 Å². The second-order valence-electron chi connectivity index (χ2n) is 10.2. The summed E-state index contributed by atoms with van der Waals surface area (Å²) in [5.41, 5.74) is 3.23. The Morgan fingerprint density at radius 2 is 1.54 bits per heavy atom. The van der Waals surface area contributed by atoms with E-state index in [-0.39, 0.29) is 18.6 Å². The summed E-state index contributed by atoms with van der Waals surface area (Å²) >= 11 is 0. The lowest BCUT2D eigenvalue weighted by atomic mass is 9.81. The molecule has 6 heteroatoms. The van der Waals surface area contributed by atoms with Crippen LogP contribution in [-0.4, -0.2) is 58.3 Å². The Kier molecular flexibility index (Phi) is 11.8. The number of esters is 1. The quantitative estimate of drug-likeness (QED) is 0.179. The van der Waals surface area contributed by atoms with Gasteiger partial charge in [-0.3, -0.25) is 0 Å². The Morgan fingerprint density at radius 1 is 0.846 bits per heavy atom. The van der Waals surface area contributed by atoms with Crippen LogP contribution in [0.1, 0.15) is 73.0 Å². The minimum atomic E-state index is -0.315. The van der Waals surface area contributed by atoms with Crippen LogP contribution in [0.5, 0.6) is 0 Å². The molecule has 3 aromatic rings. The van der Waals surface area contributed by atoms with E-state index in [2.05, 4.69) is 66.8 Å². The standard InChI is InChI=1S/C33H43NO5/c1-3-36-18-19-37-20-21-38-22-23-39-33(35)28-16-14-26(15-17-28)29-10-6-11-30(24-29)34-25(2)31-13-7-9-27-8-4-5-12-32(27)31/h4-5,7-9,12-17,25,29-30,34H,3,6,10-11,18-24H2,1-2H3/t25-,29?,30?/m1/s1. The number of hydrogen-bond donors (Lipinski definition) is 1. The van der Waals surface area contributed by atoms with Crippen molar-refractivity contribution in [3.05, 3.63) is 83.4 Å². The van der Waals surface area contributed by atoms with Gasteiger partial charge in [0.15, 0.2) is 0 Å². The Labute approximate surface area is 233 Å². The summed E-state index contributed by atoms with van der Waals surface area (Å²) in [6, 6.07) is 23.9. The molecular formula is C33H43NO5. The summed E-state index contributed by atoms with van der Waals surface area (Å²) < 4.78 is 21.4. The second-order valence-corrected chi connectivity index (χ2v) is 10.2. The minimum absolute atomic E-state index is 0.227. The number of carbonyl (C=O) groups excluding carboxylic acids is 1. The van der Waals surface area contributed by atoms with Crippen LogP contribution in [0.2, 0.25) is 0 Å². The maximum atomic E-state index is 12.4. The Morgan fingerprint density at radius 3 is 2.31 bits per heavy atom. The predicted molar refractivity (Wildman–Crippen MR) is 155 cm³/mol. The molecule has 39 heavy (non-hydrogen) atoms. The maximum Gasteiger partial charge on any atom is 0.338 e. The van der Waals surface area contributed by atoms with Crippen molar-refractivity contribution in [3.8, 4) is 0 Å². The van der Waals surface area contributed by atoms with Crippen molar-refractivity contribution in [3.63, 3.8) is 0 Å². The zero-order chi connectivity index (χ0) is 27.3. The molecule has 210 valence electrons. The molecule has 0 radical (unpaired) electrons. The van der Waals surface area contributed by atoms with E-state index < -0.39 is 0 Å². The highest BCUT2D eigenvalue weighted by atomic mass is 16.6. The van der Waals surface area contributed by atoms with Gasteiger partial charge in [0, 0.05) is 18.7 Å². The van der Waals surface area contributed by atoms with Gasteiger partial charge in [0.25, 0.3) is 0 Å². The highest BCUT2D eigenvalue weighted by Gasteiger charge is 2.25. The number of benzene rings is 3. The van der Waals surface area contributed by atoms with E-state index in [0.29, 0.717) is 57.2 Å². The summed E-state index contributed by atoms with van der Waals surface area (Å²) in [4.78, 5) is 12.4. The van der Waals surface area contributed by atoms with Gasteiger partial charge in [0.05, 0.1) is 38.6 Å². The number of carbonyl (C=O) groups is 1. The fraction of sp³-hybridized carbons (Fsp3) is 0.485. The highest BCUT2D eigenvalue weighted by molar-refractivity contribution is 5.89. The monoisotopic (exact) mass is 533 g/mol. The third kappa shape index (κ3) is 8.87. The van der Waals surface area contributed by atoms with E-state index in [1.807, 2.05) is 19.1 Å². The summed E-state index contributed by atoms with van der Waals surface area (Å²) in [6.45, 7) is 7.63. The molecule has 0 bridgehead atoms. The summed E-state index contributed by atoms with van der Waals surface area (Å²) in [5.74, 6) is 0.176. The molecule has 3 aromatic carbocycles. The summed E-state index contributed by atoms with van der Waals surface area (Å²) in [6.07, 6.45) is 4.67. The SMILES string of the molecule is CCOCCOCCOCCOC(=O)c1ccc(C2CCCC(N[C@H](C)c3cccc4ccccc34)C2)cc1. The summed E-state index contributed by atoms with van der Waals surface area (Å²) in [7, 11) is 0. The van der Waals surface area contributed by atoms with Gasteiger partial charge >= 0.3 is 5.97 Å². The largest absolute Gasteiger partial charge is 0.460 e. The van der Waals surface area contributed by atoms with E-state index in [4.69, 9.17) is 18.9 Å². The van der Waals surface area contributed by atoms with Crippen molar-refractivity contribution in [1.29, 1.82) is 0 Å². The van der Waals surface area contributed by atoms with E-state index >= 15 is 0 Å². The van der Waals surface area contributed by atoms with Crippen LogP contribution in [0.15, 0.2) is 66.7 Å². The molecule has 4 rings (SSSR count). The lowest BCUT2D eigenvalue weighted by molar-refractivity contribution is 0.00180. The zero-order valence-corrected chi connectivity index (χ0v) is 23.4. The average Bonchev–Trinajstić information content (AvgIpc) is 2.98. The first kappa shape index (κ1) is 29.2. The van der Waals surface area contributed by atoms with E-state index in [0.717, 1.165) is 6.42 Å². The normalized spacial score (nSPS) is 18.2. The van der Waals surface area contributed by atoms with E-state index in [9.17, 15) is 4.79 Å². The van der Waals surface area contributed by atoms with Crippen LogP contribution < -0.4 is 5.32 Å². The van der Waals surface area contributed by atoms with Gasteiger partial charge in [-0.2, -0.15) is 0 Å². The molecule has 1 aliphatic rings. The fourth-order valence-corrected chi connectivity index (χ4v) is 5.47. The van der Waals surface area contributed by atoms with Crippen molar-refractivity contribution in [2.75, 3.05) is 46.2 Å². The second kappa shape index (κ2) is 15.7. The van der Waals surface area contributed by atoms with Crippen molar-refractivity contribution in [2.45, 2.75) is 57.5 Å². The topological polar surface area (TPSA) is 66.0 Å². The third-order valence-electron chi connectivity index (χ3n) is 7.48. The van der Waals surface area contributed by atoms with Gasteiger partial charge in [0.1, 0.15) is 6.61 Å². The molecule has 6 nitrogen and oxygen atoms in total. The van der Waals surface area contributed by atoms with Gasteiger partial charge in [0.2, 0.25) is 0 Å². The first-order valence-corrected chi connectivity index (χ1v) is 14.4. The molecule has 0 saturated heterocycles. The molecule has 1 saturated carbocycles. The van der Waals surface area contributed by atoms with Gasteiger partial charge < -0.3 is 24.3 Å². The zero-order valence-electron chi connectivity index (χ0n) is 23.4. The average molecular weight is 534 g/mol. The number of ether oxygens (including phenoxy) is 4. The molecule has 0 amide bonds. The fourth-order valence-electron chi connectivity index (χ4n) is 5.47. The maximum absolute atomic E-state index is 12.4. The van der Waals surface area contributed by atoms with Crippen LogP contribution in [-0.2, 0) is 18.9 Å². The number of hydrogen-bond acceptors (Lipinski definition) is 6. The molecule has 0 aromatic heterocycles. The molecule has 1 aliphatic carbocycles. The highest BCUT2D eigenvalue weighted by Crippen LogP contribution is 2.34. The van der Waals surface area contributed by atoms with Crippen molar-refractivity contribution in [2.24, 2.45) is 0 Å². The molecule has 2 unspecified atom stereocenters. The lowest BCUT2D eigenvalue weighted by Gasteiger charge is -2.32. The van der Waals surface area contributed by atoms with Crippen LogP contribution in [0.4, 0.5) is 0 Å². The van der Waals surface area contributed by atoms with Crippen molar-refractivity contribution in [1.82, 2.24) is 5.32 Å². The third-order valence-corrected chi connectivity index (χ3v) is 7.48. The van der Waals surface area contributed by atoms with Gasteiger partial charge in [-0.1, -0.05) is 61.0 Å². The Bertz CT molecular complexity index is 1140. The first-order valence-electron chi connectivity index (χ1n) is 14.4. The van der Waals surface area contributed by atoms with Crippen molar-refractivity contribution < 1.29 is 23.7 Å². The summed E-state index contributed by atoms with van der Waals surface area (Å²) in [5, 5.41) is 6.52. The molecule has 0 spiro atoms. The molecule has 1 fully saturated rings.